The molecule has 1 aromatic carbocycles. The first-order valence-corrected chi connectivity index (χ1v) is 5.49. The van der Waals surface area contributed by atoms with Gasteiger partial charge in [-0.3, -0.25) is 4.79 Å². The molecule has 18 heavy (non-hydrogen) atoms. The number of carbonyl (C=O) groups is 1. The summed E-state index contributed by atoms with van der Waals surface area (Å²) >= 11 is 0. The maximum Gasteiger partial charge on any atom is 0.220 e. The van der Waals surface area contributed by atoms with Crippen LogP contribution in [-0.2, 0) is 11.2 Å². The minimum Gasteiger partial charge on any atom is -0.355 e. The van der Waals surface area contributed by atoms with Gasteiger partial charge in [-0.2, -0.15) is 0 Å². The van der Waals surface area contributed by atoms with E-state index >= 15 is 0 Å². The summed E-state index contributed by atoms with van der Waals surface area (Å²) in [4.78, 5) is 11.3. The van der Waals surface area contributed by atoms with E-state index in [2.05, 4.69) is 10.6 Å². The van der Waals surface area contributed by atoms with E-state index in [0.717, 1.165) is 6.07 Å². The number of rotatable bonds is 6. The summed E-state index contributed by atoms with van der Waals surface area (Å²) in [6.07, 6.45) is 0.360. The van der Waals surface area contributed by atoms with Crippen LogP contribution in [0, 0.1) is 11.6 Å². The molecule has 0 atom stereocenters. The highest BCUT2D eigenvalue weighted by Crippen LogP contribution is 2.12. The monoisotopic (exact) mass is 278 g/mol. The smallest absolute Gasteiger partial charge is 0.220 e. The predicted octanol–water partition coefficient (Wildman–Crippen LogP) is 1.65. The fourth-order valence-electron chi connectivity index (χ4n) is 1.41. The first-order valence-electron chi connectivity index (χ1n) is 5.49. The Balaban J connectivity index is 0.00000289. The van der Waals surface area contributed by atoms with E-state index in [4.69, 9.17) is 0 Å². The highest BCUT2D eigenvalue weighted by atomic mass is 35.5. The molecule has 0 spiro atoms. The Hall–Kier alpha value is -1.20. The zero-order chi connectivity index (χ0) is 12.7. The van der Waals surface area contributed by atoms with Crippen LogP contribution < -0.4 is 10.6 Å². The summed E-state index contributed by atoms with van der Waals surface area (Å²) in [6.45, 7) is 1.21. The number of amides is 1. The average Bonchev–Trinajstić information content (AvgIpc) is 2.31. The SMILES string of the molecule is CNCCNC(=O)CCc1cccc(F)c1F.Cl. The van der Waals surface area contributed by atoms with Crippen molar-refractivity contribution >= 4 is 18.3 Å². The van der Waals surface area contributed by atoms with Crippen molar-refractivity contribution in [1.82, 2.24) is 10.6 Å². The molecule has 1 aromatic rings. The lowest BCUT2D eigenvalue weighted by Gasteiger charge is -2.05. The number of likely N-dealkylation sites (N-methyl/N-ethyl adjacent to an activating group) is 1. The molecule has 6 heteroatoms. The predicted molar refractivity (Wildman–Crippen MR) is 68.9 cm³/mol. The van der Waals surface area contributed by atoms with E-state index in [9.17, 15) is 13.6 Å². The van der Waals surface area contributed by atoms with Crippen molar-refractivity contribution in [2.24, 2.45) is 0 Å². The van der Waals surface area contributed by atoms with Crippen LogP contribution in [0.5, 0.6) is 0 Å². The molecule has 1 amide bonds. The van der Waals surface area contributed by atoms with Crippen molar-refractivity contribution in [2.45, 2.75) is 12.8 Å². The molecule has 0 aliphatic carbocycles. The number of halogens is 3. The van der Waals surface area contributed by atoms with Gasteiger partial charge in [0.2, 0.25) is 5.91 Å². The summed E-state index contributed by atoms with van der Waals surface area (Å²) in [5, 5.41) is 5.56. The Kier molecular flexibility index (Phi) is 8.24. The second kappa shape index (κ2) is 8.83. The highest BCUT2D eigenvalue weighted by molar-refractivity contribution is 5.85. The summed E-state index contributed by atoms with van der Waals surface area (Å²) in [5.74, 6) is -1.91. The number of hydrogen-bond acceptors (Lipinski definition) is 2. The molecule has 0 fully saturated rings. The lowest BCUT2D eigenvalue weighted by Crippen LogP contribution is -2.30. The Morgan fingerprint density at radius 2 is 2.00 bits per heavy atom. The van der Waals surface area contributed by atoms with Crippen molar-refractivity contribution < 1.29 is 13.6 Å². The Bertz CT molecular complexity index is 388. The molecule has 2 N–H and O–H groups in total. The molecule has 0 aliphatic rings. The fraction of sp³-hybridized carbons (Fsp3) is 0.417. The van der Waals surface area contributed by atoms with Crippen LogP contribution in [0.25, 0.3) is 0 Å². The molecule has 0 saturated heterocycles. The zero-order valence-electron chi connectivity index (χ0n) is 10.1. The van der Waals surface area contributed by atoms with Crippen LogP contribution in [-0.4, -0.2) is 26.0 Å². The second-order valence-electron chi connectivity index (χ2n) is 3.67. The Morgan fingerprint density at radius 1 is 1.28 bits per heavy atom. The van der Waals surface area contributed by atoms with Crippen LogP contribution in [0.4, 0.5) is 8.78 Å². The Morgan fingerprint density at radius 3 is 2.67 bits per heavy atom. The molecule has 0 saturated carbocycles. The summed E-state index contributed by atoms with van der Waals surface area (Å²) in [7, 11) is 1.79. The van der Waals surface area contributed by atoms with Gasteiger partial charge in [0.25, 0.3) is 0 Å². The lowest BCUT2D eigenvalue weighted by molar-refractivity contribution is -0.121. The first-order chi connectivity index (χ1) is 8.15. The summed E-state index contributed by atoms with van der Waals surface area (Å²) in [5.41, 5.74) is 0.230. The van der Waals surface area contributed by atoms with E-state index in [1.807, 2.05) is 0 Å². The van der Waals surface area contributed by atoms with Gasteiger partial charge in [-0.25, -0.2) is 8.78 Å². The zero-order valence-corrected chi connectivity index (χ0v) is 10.9. The largest absolute Gasteiger partial charge is 0.355 e. The van der Waals surface area contributed by atoms with Gasteiger partial charge < -0.3 is 10.6 Å². The summed E-state index contributed by atoms with van der Waals surface area (Å²) < 4.78 is 26.1. The molecular formula is C12H17ClF2N2O. The van der Waals surface area contributed by atoms with Gasteiger partial charge >= 0.3 is 0 Å². The maximum atomic E-state index is 13.2. The first kappa shape index (κ1) is 16.8. The maximum absolute atomic E-state index is 13.2. The van der Waals surface area contributed by atoms with Crippen molar-refractivity contribution in [2.75, 3.05) is 20.1 Å². The number of hydrogen-bond donors (Lipinski definition) is 2. The molecule has 0 unspecified atom stereocenters. The number of nitrogens with one attached hydrogen (secondary N) is 2. The van der Waals surface area contributed by atoms with Crippen molar-refractivity contribution in [3.8, 4) is 0 Å². The minimum atomic E-state index is -0.877. The molecule has 0 heterocycles. The van der Waals surface area contributed by atoms with Crippen LogP contribution >= 0.6 is 12.4 Å². The fourth-order valence-corrected chi connectivity index (χ4v) is 1.41. The minimum absolute atomic E-state index is 0. The van der Waals surface area contributed by atoms with E-state index in [1.165, 1.54) is 12.1 Å². The number of aryl methyl sites for hydroxylation is 1. The van der Waals surface area contributed by atoms with Crippen LogP contribution in [0.2, 0.25) is 0 Å². The third kappa shape index (κ3) is 5.42. The van der Waals surface area contributed by atoms with E-state index in [0.29, 0.717) is 13.1 Å². The molecule has 0 bridgehead atoms. The average molecular weight is 279 g/mol. The van der Waals surface area contributed by atoms with Gasteiger partial charge in [-0.1, -0.05) is 12.1 Å². The lowest BCUT2D eigenvalue weighted by atomic mass is 10.1. The van der Waals surface area contributed by atoms with Crippen LogP contribution in [0.15, 0.2) is 18.2 Å². The van der Waals surface area contributed by atoms with Gasteiger partial charge in [0.15, 0.2) is 11.6 Å². The van der Waals surface area contributed by atoms with Gasteiger partial charge in [-0.05, 0) is 25.1 Å². The molecule has 1 rings (SSSR count). The molecule has 102 valence electrons. The third-order valence-electron chi connectivity index (χ3n) is 2.35. The van der Waals surface area contributed by atoms with Crippen molar-refractivity contribution in [3.05, 3.63) is 35.4 Å². The van der Waals surface area contributed by atoms with Crippen LogP contribution in [0.1, 0.15) is 12.0 Å². The standard InChI is InChI=1S/C12H16F2N2O.ClH/c1-15-7-8-16-11(17)6-5-9-3-2-4-10(13)12(9)14;/h2-4,15H,5-8H2,1H3,(H,16,17);1H. The molecule has 0 aromatic heterocycles. The third-order valence-corrected chi connectivity index (χ3v) is 2.35. The van der Waals surface area contributed by atoms with Crippen molar-refractivity contribution in [3.63, 3.8) is 0 Å². The van der Waals surface area contributed by atoms with E-state index in [-0.39, 0.29) is 36.7 Å². The molecule has 0 radical (unpaired) electrons. The molecule has 0 aliphatic heterocycles. The van der Waals surface area contributed by atoms with Crippen molar-refractivity contribution in [1.29, 1.82) is 0 Å². The second-order valence-corrected chi connectivity index (χ2v) is 3.67. The molecule has 3 nitrogen and oxygen atoms in total. The van der Waals surface area contributed by atoms with Gasteiger partial charge in [0.1, 0.15) is 0 Å². The van der Waals surface area contributed by atoms with E-state index in [1.54, 1.807) is 7.05 Å². The van der Waals surface area contributed by atoms with Gasteiger partial charge in [0.05, 0.1) is 0 Å². The highest BCUT2D eigenvalue weighted by Gasteiger charge is 2.09. The van der Waals surface area contributed by atoms with Gasteiger partial charge in [-0.15, -0.1) is 12.4 Å². The number of benzene rings is 1. The van der Waals surface area contributed by atoms with Gasteiger partial charge in [0, 0.05) is 19.5 Å². The molecular weight excluding hydrogens is 262 g/mol. The van der Waals surface area contributed by atoms with E-state index < -0.39 is 11.6 Å². The topological polar surface area (TPSA) is 41.1 Å². The number of carbonyl (C=O) groups excluding carboxylic acids is 1. The Labute approximate surface area is 111 Å². The summed E-state index contributed by atoms with van der Waals surface area (Å²) in [6, 6.07) is 3.98. The normalized spacial score (nSPS) is 9.72. The van der Waals surface area contributed by atoms with Crippen LogP contribution in [0.3, 0.4) is 0 Å². The quantitative estimate of drug-likeness (QED) is 0.777.